The highest BCUT2D eigenvalue weighted by molar-refractivity contribution is 6.76. The Morgan fingerprint density at radius 3 is 1.92 bits per heavy atom. The number of esters is 3. The first-order chi connectivity index (χ1) is 17.3. The summed E-state index contributed by atoms with van der Waals surface area (Å²) in [5.41, 5.74) is 0.363. The Kier molecular flexibility index (Phi) is 8.87. The van der Waals surface area contributed by atoms with Gasteiger partial charge in [0.2, 0.25) is 0 Å². The van der Waals surface area contributed by atoms with Crippen molar-refractivity contribution in [3.05, 3.63) is 35.4 Å². The number of hydrogen-bond donors (Lipinski definition) is 0. The molecule has 1 saturated heterocycles. The number of carbonyl (C=O) groups excluding carboxylic acids is 5. The molecule has 5 atom stereocenters. The van der Waals surface area contributed by atoms with Gasteiger partial charge in [0.15, 0.2) is 18.5 Å². The van der Waals surface area contributed by atoms with E-state index < -0.39 is 68.4 Å². The molecule has 3 rings (SSSR count). The van der Waals surface area contributed by atoms with Crippen molar-refractivity contribution in [2.75, 3.05) is 13.2 Å². The molecule has 202 valence electrons. The summed E-state index contributed by atoms with van der Waals surface area (Å²) in [6.07, 6.45) is -5.00. The first-order valence-electron chi connectivity index (χ1n) is 12.0. The number of hydrogen-bond acceptors (Lipinski definition) is 10. The van der Waals surface area contributed by atoms with E-state index in [1.54, 1.807) is 12.1 Å². The number of amides is 2. The van der Waals surface area contributed by atoms with Crippen LogP contribution < -0.4 is 0 Å². The Balaban J connectivity index is 2.07. The first-order valence-corrected chi connectivity index (χ1v) is 15.7. The zero-order valence-corrected chi connectivity index (χ0v) is 22.8. The van der Waals surface area contributed by atoms with Crippen LogP contribution in [0.25, 0.3) is 0 Å². The normalized spacial score (nSPS) is 25.5. The molecule has 0 N–H and O–H groups in total. The molecule has 2 amide bonds. The van der Waals surface area contributed by atoms with Crippen molar-refractivity contribution in [2.45, 2.75) is 77.1 Å². The molecule has 37 heavy (non-hydrogen) atoms. The van der Waals surface area contributed by atoms with E-state index in [-0.39, 0.29) is 24.3 Å². The Morgan fingerprint density at radius 1 is 0.892 bits per heavy atom. The molecule has 1 aromatic carbocycles. The number of nitrogens with zero attached hydrogens (tertiary/aromatic N) is 1. The van der Waals surface area contributed by atoms with Crippen LogP contribution in [-0.4, -0.2) is 86.6 Å². The second-order valence-electron chi connectivity index (χ2n) is 10.2. The van der Waals surface area contributed by atoms with Crippen LogP contribution in [0.2, 0.25) is 25.7 Å². The first kappa shape index (κ1) is 28.5. The molecular weight excluding hydrogens is 502 g/mol. The second kappa shape index (κ2) is 11.5. The highest BCUT2D eigenvalue weighted by Gasteiger charge is 2.57. The molecule has 12 heteroatoms. The summed E-state index contributed by atoms with van der Waals surface area (Å²) < 4.78 is 28.3. The average molecular weight is 536 g/mol. The molecule has 2 aliphatic heterocycles. The summed E-state index contributed by atoms with van der Waals surface area (Å²) in [6.45, 7) is 9.88. The molecule has 1 fully saturated rings. The van der Waals surface area contributed by atoms with E-state index in [9.17, 15) is 24.0 Å². The molecule has 0 radical (unpaired) electrons. The van der Waals surface area contributed by atoms with Gasteiger partial charge in [-0.05, 0) is 18.2 Å². The predicted molar refractivity (Wildman–Crippen MR) is 131 cm³/mol. The molecule has 0 unspecified atom stereocenters. The topological polar surface area (TPSA) is 135 Å². The van der Waals surface area contributed by atoms with Gasteiger partial charge in [-0.25, -0.2) is 0 Å². The van der Waals surface area contributed by atoms with Crippen LogP contribution in [0.3, 0.4) is 0 Å². The van der Waals surface area contributed by atoms with E-state index in [1.165, 1.54) is 19.1 Å². The standard InChI is InChI=1S/C25H33NO10Si/c1-14(27)33-13-19-21(34-15(2)28)22(35-16(3)29)20(25(36-19)32-11-12-37(4,5)6)26-23(30)17-9-7-8-10-18(17)24(26)31/h7-10,19-22,25H,11-13H2,1-6H3/t19-,20-,21+,22-,25-/m1/s1. The molecule has 0 spiro atoms. The minimum Gasteiger partial charge on any atom is -0.463 e. The summed E-state index contributed by atoms with van der Waals surface area (Å²) in [6, 6.07) is 5.76. The third-order valence-corrected chi connectivity index (χ3v) is 7.63. The van der Waals surface area contributed by atoms with Crippen LogP contribution in [0.1, 0.15) is 41.5 Å². The van der Waals surface area contributed by atoms with E-state index in [2.05, 4.69) is 19.6 Å². The van der Waals surface area contributed by atoms with Crippen LogP contribution >= 0.6 is 0 Å². The van der Waals surface area contributed by atoms with Gasteiger partial charge < -0.3 is 23.7 Å². The van der Waals surface area contributed by atoms with Crippen molar-refractivity contribution in [3.8, 4) is 0 Å². The monoisotopic (exact) mass is 535 g/mol. The van der Waals surface area contributed by atoms with Gasteiger partial charge in [0.25, 0.3) is 11.8 Å². The lowest BCUT2D eigenvalue weighted by molar-refractivity contribution is -0.285. The summed E-state index contributed by atoms with van der Waals surface area (Å²) in [7, 11) is -1.55. The highest BCUT2D eigenvalue weighted by atomic mass is 28.3. The fourth-order valence-electron chi connectivity index (χ4n) is 4.25. The van der Waals surface area contributed by atoms with Gasteiger partial charge in [-0.1, -0.05) is 31.8 Å². The quantitative estimate of drug-likeness (QED) is 0.200. The third-order valence-electron chi connectivity index (χ3n) is 5.93. The Morgan fingerprint density at radius 2 is 1.43 bits per heavy atom. The van der Waals surface area contributed by atoms with Crippen molar-refractivity contribution in [1.29, 1.82) is 0 Å². The fourth-order valence-corrected chi connectivity index (χ4v) is 4.98. The van der Waals surface area contributed by atoms with Crippen LogP contribution in [-0.2, 0) is 38.1 Å². The number of carbonyl (C=O) groups is 5. The van der Waals surface area contributed by atoms with E-state index in [4.69, 9.17) is 23.7 Å². The maximum absolute atomic E-state index is 13.4. The predicted octanol–water partition coefficient (Wildman–Crippen LogP) is 2.16. The lowest BCUT2D eigenvalue weighted by Gasteiger charge is -2.47. The Bertz CT molecular complexity index is 1030. The summed E-state index contributed by atoms with van der Waals surface area (Å²) >= 11 is 0. The maximum Gasteiger partial charge on any atom is 0.303 e. The second-order valence-corrected chi connectivity index (χ2v) is 15.8. The molecule has 1 aromatic rings. The molecule has 2 heterocycles. The smallest absolute Gasteiger partial charge is 0.303 e. The maximum atomic E-state index is 13.4. The zero-order chi connectivity index (χ0) is 27.5. The fraction of sp³-hybridized carbons (Fsp3) is 0.560. The van der Waals surface area contributed by atoms with Gasteiger partial charge in [-0.2, -0.15) is 0 Å². The summed E-state index contributed by atoms with van der Waals surface area (Å²) in [4.78, 5) is 63.5. The van der Waals surface area contributed by atoms with Crippen molar-refractivity contribution in [2.24, 2.45) is 0 Å². The van der Waals surface area contributed by atoms with Crippen molar-refractivity contribution < 1.29 is 47.7 Å². The minimum atomic E-state index is -1.55. The lowest BCUT2D eigenvalue weighted by atomic mass is 9.94. The third kappa shape index (κ3) is 6.82. The SMILES string of the molecule is CC(=O)OC[C@H]1O[C@@H](OCC[Si](C)(C)C)[C@H](N2C(=O)c3ccccc3C2=O)[C@@H](OC(C)=O)[C@H]1OC(C)=O. The zero-order valence-electron chi connectivity index (χ0n) is 21.8. The molecule has 0 saturated carbocycles. The van der Waals surface area contributed by atoms with Crippen LogP contribution in [0.5, 0.6) is 0 Å². The number of ether oxygens (including phenoxy) is 5. The van der Waals surface area contributed by atoms with Gasteiger partial charge in [-0.3, -0.25) is 28.9 Å². The van der Waals surface area contributed by atoms with Crippen LogP contribution in [0.15, 0.2) is 24.3 Å². The van der Waals surface area contributed by atoms with Crippen LogP contribution in [0, 0.1) is 0 Å². The van der Waals surface area contributed by atoms with Crippen molar-refractivity contribution >= 4 is 37.8 Å². The van der Waals surface area contributed by atoms with Gasteiger partial charge in [0.05, 0.1) is 11.1 Å². The number of imide groups is 1. The van der Waals surface area contributed by atoms with Crippen LogP contribution in [0.4, 0.5) is 0 Å². The number of rotatable bonds is 9. The van der Waals surface area contributed by atoms with Crippen molar-refractivity contribution in [1.82, 2.24) is 4.90 Å². The molecular formula is C25H33NO10Si. The van der Waals surface area contributed by atoms with E-state index in [1.807, 2.05) is 0 Å². The van der Waals surface area contributed by atoms with Gasteiger partial charge in [0, 0.05) is 35.5 Å². The summed E-state index contributed by atoms with van der Waals surface area (Å²) in [5.74, 6) is -3.31. The lowest BCUT2D eigenvalue weighted by Crippen LogP contribution is -2.67. The molecule has 0 aromatic heterocycles. The largest absolute Gasteiger partial charge is 0.463 e. The van der Waals surface area contributed by atoms with Gasteiger partial charge >= 0.3 is 17.9 Å². The van der Waals surface area contributed by atoms with E-state index in [0.29, 0.717) is 0 Å². The van der Waals surface area contributed by atoms with Gasteiger partial charge in [-0.15, -0.1) is 0 Å². The number of benzene rings is 1. The molecule has 0 aliphatic carbocycles. The summed E-state index contributed by atoms with van der Waals surface area (Å²) in [5, 5.41) is 0. The molecule has 0 bridgehead atoms. The molecule has 11 nitrogen and oxygen atoms in total. The van der Waals surface area contributed by atoms with E-state index >= 15 is 0 Å². The number of fused-ring (bicyclic) bond motifs is 1. The minimum absolute atomic E-state index is 0.181. The van der Waals surface area contributed by atoms with Gasteiger partial charge in [0.1, 0.15) is 18.8 Å². The molecule has 2 aliphatic rings. The van der Waals surface area contributed by atoms with Crippen molar-refractivity contribution in [3.63, 3.8) is 0 Å². The highest BCUT2D eigenvalue weighted by Crippen LogP contribution is 2.35. The average Bonchev–Trinajstić information content (AvgIpc) is 3.03. The Labute approximate surface area is 216 Å². The Hall–Kier alpha value is -3.09. The van der Waals surface area contributed by atoms with E-state index in [0.717, 1.165) is 24.8 Å².